The Labute approximate surface area is 124 Å². The number of rotatable bonds is 3. The smallest absolute Gasteiger partial charge is 0.326 e. The molecule has 1 aromatic carbocycles. The third-order valence-corrected chi connectivity index (χ3v) is 3.62. The van der Waals surface area contributed by atoms with Crippen LogP contribution in [0.3, 0.4) is 0 Å². The number of carbonyl (C=O) groups excluding carboxylic acids is 2. The number of cyclic esters (lactones) is 2. The van der Waals surface area contributed by atoms with Gasteiger partial charge in [0.25, 0.3) is 5.79 Å². The molecule has 1 aliphatic rings. The number of carbonyl (C=O) groups is 2. The van der Waals surface area contributed by atoms with Crippen LogP contribution in [0.2, 0.25) is 0 Å². The largest absolute Gasteiger partial charge is 0.422 e. The topological polar surface area (TPSA) is 52.6 Å². The molecule has 2 rings (SSSR count). The lowest BCUT2D eigenvalue weighted by atomic mass is 9.84. The Morgan fingerprint density at radius 2 is 1.57 bits per heavy atom. The molecule has 1 fully saturated rings. The summed E-state index contributed by atoms with van der Waals surface area (Å²) in [6, 6.07) is 9.79. The van der Waals surface area contributed by atoms with Crippen LogP contribution in [0.15, 0.2) is 36.4 Å². The maximum Gasteiger partial charge on any atom is 0.326 e. The lowest BCUT2D eigenvalue weighted by molar-refractivity contribution is -0.249. The van der Waals surface area contributed by atoms with E-state index in [2.05, 4.69) is 0 Å². The zero-order valence-corrected chi connectivity index (χ0v) is 12.8. The average molecular weight is 288 g/mol. The monoisotopic (exact) mass is 288 g/mol. The van der Waals surface area contributed by atoms with E-state index in [9.17, 15) is 9.59 Å². The van der Waals surface area contributed by atoms with Gasteiger partial charge < -0.3 is 9.47 Å². The minimum atomic E-state index is -1.29. The SMILES string of the molecule is C/C(=C\CC1(C)C(=O)OC(C)(C)OC1=O)c1ccccc1. The minimum Gasteiger partial charge on any atom is -0.422 e. The molecule has 0 radical (unpaired) electrons. The predicted octanol–water partition coefficient (Wildman–Crippen LogP) is 3.32. The van der Waals surface area contributed by atoms with Crippen molar-refractivity contribution in [3.05, 3.63) is 42.0 Å². The van der Waals surface area contributed by atoms with Crippen LogP contribution in [0.25, 0.3) is 5.57 Å². The van der Waals surface area contributed by atoms with Crippen molar-refractivity contribution in [2.24, 2.45) is 5.41 Å². The lowest BCUT2D eigenvalue weighted by Crippen LogP contribution is -2.52. The first-order chi connectivity index (χ1) is 9.74. The third-order valence-electron chi connectivity index (χ3n) is 3.62. The highest BCUT2D eigenvalue weighted by Crippen LogP contribution is 2.35. The Kier molecular flexibility index (Phi) is 3.90. The number of esters is 2. The molecule has 0 aromatic heterocycles. The first-order valence-corrected chi connectivity index (χ1v) is 6.94. The summed E-state index contributed by atoms with van der Waals surface area (Å²) in [5.74, 6) is -2.27. The van der Waals surface area contributed by atoms with E-state index in [0.29, 0.717) is 0 Å². The van der Waals surface area contributed by atoms with E-state index in [1.807, 2.05) is 43.3 Å². The van der Waals surface area contributed by atoms with Crippen LogP contribution in [0.5, 0.6) is 0 Å². The lowest BCUT2D eigenvalue weighted by Gasteiger charge is -2.37. The van der Waals surface area contributed by atoms with Crippen LogP contribution in [0, 0.1) is 5.41 Å². The van der Waals surface area contributed by atoms with Gasteiger partial charge in [-0.3, -0.25) is 9.59 Å². The van der Waals surface area contributed by atoms with E-state index < -0.39 is 23.1 Å². The zero-order chi connectivity index (χ0) is 15.7. The number of benzene rings is 1. The van der Waals surface area contributed by atoms with Crippen molar-refractivity contribution in [1.29, 1.82) is 0 Å². The standard InChI is InChI=1S/C17H20O4/c1-12(13-8-6-5-7-9-13)10-11-17(4)14(18)20-16(2,3)21-15(17)19/h5-10H,11H2,1-4H3/b12-10+. The van der Waals surface area contributed by atoms with Crippen molar-refractivity contribution >= 4 is 17.5 Å². The summed E-state index contributed by atoms with van der Waals surface area (Å²) in [5.41, 5.74) is 0.771. The summed E-state index contributed by atoms with van der Waals surface area (Å²) in [6.45, 7) is 6.60. The van der Waals surface area contributed by atoms with Gasteiger partial charge in [-0.25, -0.2) is 0 Å². The molecular weight excluding hydrogens is 268 g/mol. The maximum absolute atomic E-state index is 12.1. The second-order valence-corrected chi connectivity index (χ2v) is 5.97. The molecular formula is C17H20O4. The highest BCUT2D eigenvalue weighted by atomic mass is 16.7. The molecule has 1 heterocycles. The molecule has 1 saturated heterocycles. The first-order valence-electron chi connectivity index (χ1n) is 6.94. The molecule has 0 atom stereocenters. The van der Waals surface area contributed by atoms with E-state index >= 15 is 0 Å². The molecule has 0 amide bonds. The molecule has 4 heteroatoms. The van der Waals surface area contributed by atoms with Crippen LogP contribution >= 0.6 is 0 Å². The van der Waals surface area contributed by atoms with Crippen molar-refractivity contribution in [1.82, 2.24) is 0 Å². The molecule has 112 valence electrons. The summed E-state index contributed by atoms with van der Waals surface area (Å²) >= 11 is 0. The van der Waals surface area contributed by atoms with Crippen molar-refractivity contribution in [3.8, 4) is 0 Å². The quantitative estimate of drug-likeness (QED) is 0.632. The van der Waals surface area contributed by atoms with E-state index in [4.69, 9.17) is 9.47 Å². The van der Waals surface area contributed by atoms with Gasteiger partial charge in [0.1, 0.15) is 0 Å². The number of allylic oxidation sites excluding steroid dienone is 2. The summed E-state index contributed by atoms with van der Waals surface area (Å²) in [4.78, 5) is 24.3. The zero-order valence-electron chi connectivity index (χ0n) is 12.8. The molecule has 0 aliphatic carbocycles. The Bertz CT molecular complexity index is 564. The van der Waals surface area contributed by atoms with Gasteiger partial charge in [0, 0.05) is 13.8 Å². The third kappa shape index (κ3) is 3.15. The molecule has 0 spiro atoms. The Morgan fingerprint density at radius 3 is 2.10 bits per heavy atom. The second kappa shape index (κ2) is 5.35. The van der Waals surface area contributed by atoms with Gasteiger partial charge in [-0.1, -0.05) is 36.4 Å². The predicted molar refractivity (Wildman–Crippen MR) is 79.1 cm³/mol. The van der Waals surface area contributed by atoms with Crippen molar-refractivity contribution < 1.29 is 19.1 Å². The Hall–Kier alpha value is -2.10. The molecule has 21 heavy (non-hydrogen) atoms. The fourth-order valence-corrected chi connectivity index (χ4v) is 2.12. The van der Waals surface area contributed by atoms with Crippen LogP contribution < -0.4 is 0 Å². The summed E-state index contributed by atoms with van der Waals surface area (Å²) in [5, 5.41) is 0. The molecule has 0 saturated carbocycles. The summed E-state index contributed by atoms with van der Waals surface area (Å²) < 4.78 is 10.4. The molecule has 4 nitrogen and oxygen atoms in total. The van der Waals surface area contributed by atoms with Crippen LogP contribution in [-0.4, -0.2) is 17.7 Å². The number of hydrogen-bond acceptors (Lipinski definition) is 4. The van der Waals surface area contributed by atoms with Gasteiger partial charge in [-0.2, -0.15) is 0 Å². The highest BCUT2D eigenvalue weighted by Gasteiger charge is 2.52. The van der Waals surface area contributed by atoms with Gasteiger partial charge in [0.2, 0.25) is 0 Å². The molecule has 1 aliphatic heterocycles. The minimum absolute atomic E-state index is 0.251. The molecule has 0 N–H and O–H groups in total. The van der Waals surface area contributed by atoms with Gasteiger partial charge in [-0.15, -0.1) is 0 Å². The van der Waals surface area contributed by atoms with E-state index in [-0.39, 0.29) is 6.42 Å². The highest BCUT2D eigenvalue weighted by molar-refractivity contribution is 6.01. The summed E-state index contributed by atoms with van der Waals surface area (Å²) in [6.07, 6.45) is 2.12. The fraction of sp³-hybridized carbons (Fsp3) is 0.412. The van der Waals surface area contributed by atoms with Crippen molar-refractivity contribution in [2.45, 2.75) is 39.9 Å². The van der Waals surface area contributed by atoms with Gasteiger partial charge in [0.15, 0.2) is 5.41 Å². The van der Waals surface area contributed by atoms with Gasteiger partial charge >= 0.3 is 11.9 Å². The van der Waals surface area contributed by atoms with Crippen molar-refractivity contribution in [2.75, 3.05) is 0 Å². The average Bonchev–Trinajstić information content (AvgIpc) is 2.42. The van der Waals surface area contributed by atoms with Crippen molar-refractivity contribution in [3.63, 3.8) is 0 Å². The second-order valence-electron chi connectivity index (χ2n) is 5.97. The van der Waals surface area contributed by atoms with E-state index in [1.54, 1.807) is 20.8 Å². The Balaban J connectivity index is 2.18. The first kappa shape index (κ1) is 15.3. The van der Waals surface area contributed by atoms with Crippen LogP contribution in [-0.2, 0) is 19.1 Å². The van der Waals surface area contributed by atoms with Gasteiger partial charge in [-0.05, 0) is 31.4 Å². The van der Waals surface area contributed by atoms with Crippen LogP contribution in [0.4, 0.5) is 0 Å². The maximum atomic E-state index is 12.1. The molecule has 0 unspecified atom stereocenters. The molecule has 0 bridgehead atoms. The van der Waals surface area contributed by atoms with E-state index in [1.165, 1.54) is 0 Å². The molecule has 1 aromatic rings. The number of hydrogen-bond donors (Lipinski definition) is 0. The number of ether oxygens (including phenoxy) is 2. The van der Waals surface area contributed by atoms with E-state index in [0.717, 1.165) is 11.1 Å². The summed E-state index contributed by atoms with van der Waals surface area (Å²) in [7, 11) is 0. The Morgan fingerprint density at radius 1 is 1.05 bits per heavy atom. The van der Waals surface area contributed by atoms with Gasteiger partial charge in [0.05, 0.1) is 0 Å². The fourth-order valence-electron chi connectivity index (χ4n) is 2.12. The normalized spacial score (nSPS) is 20.7. The van der Waals surface area contributed by atoms with Crippen LogP contribution in [0.1, 0.15) is 39.7 Å².